The Morgan fingerprint density at radius 1 is 1.17 bits per heavy atom. The average molecular weight is 516 g/mol. The second kappa shape index (κ2) is 11.4. The Morgan fingerprint density at radius 3 is 2.48 bits per heavy atom. The zero-order valence-corrected chi connectivity index (χ0v) is 20.7. The van der Waals surface area contributed by atoms with Crippen LogP contribution in [-0.2, 0) is 9.47 Å². The van der Waals surface area contributed by atoms with Crippen LogP contribution in [0.4, 0.5) is 5.69 Å². The van der Waals surface area contributed by atoms with Gasteiger partial charge < -0.3 is 24.6 Å². The van der Waals surface area contributed by atoms with Crippen LogP contribution in [0.15, 0.2) is 23.2 Å². The molecule has 3 rings (SSSR count). The van der Waals surface area contributed by atoms with Gasteiger partial charge in [-0.15, -0.1) is 24.0 Å². The smallest absolute Gasteiger partial charge is 0.194 e. The van der Waals surface area contributed by atoms with Crippen LogP contribution in [0.25, 0.3) is 0 Å². The number of methoxy groups -OCH3 is 1. The van der Waals surface area contributed by atoms with Gasteiger partial charge in [-0.2, -0.15) is 0 Å². The molecule has 0 aliphatic carbocycles. The van der Waals surface area contributed by atoms with Gasteiger partial charge in [0.15, 0.2) is 5.96 Å². The number of hydrogen-bond donors (Lipinski definition) is 1. The Kier molecular flexibility index (Phi) is 9.49. The molecule has 2 aliphatic rings. The van der Waals surface area contributed by atoms with E-state index in [0.717, 1.165) is 64.7 Å². The Balaban J connectivity index is 0.00000300. The Labute approximate surface area is 193 Å². The fourth-order valence-corrected chi connectivity index (χ4v) is 4.05. The second-order valence-corrected chi connectivity index (χ2v) is 7.86. The number of guanidine groups is 1. The number of rotatable bonds is 5. The number of anilines is 1. The number of ether oxygens (including phenoxy) is 2. The molecule has 0 amide bonds. The SMILES string of the molecule is CCNC(=NCC1(OC)CCOCC1)N1CCN(c2cccc(C)c2C)CC1.I. The lowest BCUT2D eigenvalue weighted by Gasteiger charge is -2.39. The van der Waals surface area contributed by atoms with E-state index in [1.54, 1.807) is 7.11 Å². The van der Waals surface area contributed by atoms with Gasteiger partial charge in [-0.1, -0.05) is 12.1 Å². The third-order valence-corrected chi connectivity index (χ3v) is 6.18. The Hall–Kier alpha value is -1.06. The van der Waals surface area contributed by atoms with E-state index in [4.69, 9.17) is 14.5 Å². The van der Waals surface area contributed by atoms with E-state index in [1.807, 2.05) is 0 Å². The van der Waals surface area contributed by atoms with E-state index in [2.05, 4.69) is 54.1 Å². The summed E-state index contributed by atoms with van der Waals surface area (Å²) in [5.41, 5.74) is 3.93. The van der Waals surface area contributed by atoms with Crippen LogP contribution in [-0.4, -0.2) is 76.1 Å². The summed E-state index contributed by atoms with van der Waals surface area (Å²) in [5, 5.41) is 3.48. The Morgan fingerprint density at radius 2 is 1.86 bits per heavy atom. The molecule has 0 radical (unpaired) electrons. The molecule has 2 saturated heterocycles. The maximum absolute atomic E-state index is 5.85. The molecule has 1 N–H and O–H groups in total. The number of aryl methyl sites for hydroxylation is 1. The molecule has 0 spiro atoms. The predicted molar refractivity (Wildman–Crippen MR) is 131 cm³/mol. The van der Waals surface area contributed by atoms with Crippen molar-refractivity contribution in [2.45, 2.75) is 39.2 Å². The lowest BCUT2D eigenvalue weighted by molar-refractivity contribution is -0.0829. The van der Waals surface area contributed by atoms with Crippen LogP contribution in [0.2, 0.25) is 0 Å². The van der Waals surface area contributed by atoms with Gasteiger partial charge >= 0.3 is 0 Å². The number of halogens is 1. The normalized spacial score (nSPS) is 19.7. The van der Waals surface area contributed by atoms with Gasteiger partial charge in [0.25, 0.3) is 0 Å². The molecule has 29 heavy (non-hydrogen) atoms. The first-order chi connectivity index (χ1) is 13.6. The van der Waals surface area contributed by atoms with Crippen molar-refractivity contribution in [3.05, 3.63) is 29.3 Å². The molecule has 2 aliphatic heterocycles. The van der Waals surface area contributed by atoms with Gasteiger partial charge in [-0.05, 0) is 38.0 Å². The maximum atomic E-state index is 5.85. The molecule has 0 saturated carbocycles. The second-order valence-electron chi connectivity index (χ2n) is 7.86. The van der Waals surface area contributed by atoms with Crippen LogP contribution >= 0.6 is 24.0 Å². The number of nitrogens with one attached hydrogen (secondary N) is 1. The summed E-state index contributed by atoms with van der Waals surface area (Å²) in [6.07, 6.45) is 1.82. The summed E-state index contributed by atoms with van der Waals surface area (Å²) in [4.78, 5) is 9.85. The lowest BCUT2D eigenvalue weighted by atomic mass is 9.94. The fraction of sp³-hybridized carbons (Fsp3) is 0.682. The average Bonchev–Trinajstić information content (AvgIpc) is 2.74. The number of benzene rings is 1. The summed E-state index contributed by atoms with van der Waals surface area (Å²) in [6.45, 7) is 13.6. The van der Waals surface area contributed by atoms with Crippen LogP contribution in [0.1, 0.15) is 30.9 Å². The number of hydrogen-bond acceptors (Lipinski definition) is 4. The zero-order chi connectivity index (χ0) is 20.0. The van der Waals surface area contributed by atoms with Crippen molar-refractivity contribution in [3.8, 4) is 0 Å². The van der Waals surface area contributed by atoms with E-state index in [0.29, 0.717) is 6.54 Å². The fourth-order valence-electron chi connectivity index (χ4n) is 4.05. The lowest BCUT2D eigenvalue weighted by Crippen LogP contribution is -2.53. The number of aliphatic imine (C=N–C) groups is 1. The van der Waals surface area contributed by atoms with Crippen molar-refractivity contribution in [3.63, 3.8) is 0 Å². The minimum absolute atomic E-state index is 0. The molecule has 2 heterocycles. The van der Waals surface area contributed by atoms with Gasteiger partial charge in [0.1, 0.15) is 0 Å². The first-order valence-electron chi connectivity index (χ1n) is 10.6. The molecule has 0 aromatic heterocycles. The molecule has 1 aromatic rings. The summed E-state index contributed by atoms with van der Waals surface area (Å²) in [7, 11) is 1.80. The van der Waals surface area contributed by atoms with E-state index in [-0.39, 0.29) is 29.6 Å². The highest BCUT2D eigenvalue weighted by molar-refractivity contribution is 14.0. The number of nitrogens with zero attached hydrogens (tertiary/aromatic N) is 3. The highest BCUT2D eigenvalue weighted by Crippen LogP contribution is 2.26. The van der Waals surface area contributed by atoms with Crippen LogP contribution < -0.4 is 10.2 Å². The molecular weight excluding hydrogens is 479 g/mol. The standard InChI is InChI=1S/C22H36N4O2.HI/c1-5-23-21(24-17-22(27-4)9-15-28-16-10-22)26-13-11-25(12-14-26)20-8-6-7-18(2)19(20)3;/h6-8H,5,9-17H2,1-4H3,(H,23,24);1H. The van der Waals surface area contributed by atoms with Gasteiger partial charge in [-0.3, -0.25) is 4.99 Å². The minimum Gasteiger partial charge on any atom is -0.381 e. The quantitative estimate of drug-likeness (QED) is 0.370. The molecule has 2 fully saturated rings. The van der Waals surface area contributed by atoms with Crippen molar-refractivity contribution < 1.29 is 9.47 Å². The maximum Gasteiger partial charge on any atom is 0.194 e. The van der Waals surface area contributed by atoms with Crippen molar-refractivity contribution in [1.29, 1.82) is 0 Å². The summed E-state index contributed by atoms with van der Waals surface area (Å²) >= 11 is 0. The number of piperazine rings is 1. The summed E-state index contributed by atoms with van der Waals surface area (Å²) in [5.74, 6) is 1.01. The topological polar surface area (TPSA) is 49.3 Å². The van der Waals surface area contributed by atoms with Crippen molar-refractivity contribution in [2.75, 3.05) is 64.5 Å². The first kappa shape index (κ1) is 24.2. The molecule has 1 aromatic carbocycles. The minimum atomic E-state index is -0.181. The summed E-state index contributed by atoms with van der Waals surface area (Å²) in [6, 6.07) is 6.59. The Bertz CT molecular complexity index is 669. The molecule has 6 nitrogen and oxygen atoms in total. The largest absolute Gasteiger partial charge is 0.381 e. The third kappa shape index (κ3) is 5.98. The van der Waals surface area contributed by atoms with Gasteiger partial charge in [0.05, 0.1) is 12.1 Å². The molecule has 7 heteroatoms. The highest BCUT2D eigenvalue weighted by Gasteiger charge is 2.33. The third-order valence-electron chi connectivity index (χ3n) is 6.18. The van der Waals surface area contributed by atoms with Gasteiger partial charge in [0.2, 0.25) is 0 Å². The molecular formula is C22H37IN4O2. The molecule has 0 bridgehead atoms. The molecule has 0 unspecified atom stereocenters. The highest BCUT2D eigenvalue weighted by atomic mass is 127. The molecule has 164 valence electrons. The van der Waals surface area contributed by atoms with Crippen LogP contribution in [0, 0.1) is 13.8 Å². The van der Waals surface area contributed by atoms with Crippen LogP contribution in [0.3, 0.4) is 0 Å². The van der Waals surface area contributed by atoms with Crippen molar-refractivity contribution in [1.82, 2.24) is 10.2 Å². The van der Waals surface area contributed by atoms with Crippen molar-refractivity contribution >= 4 is 35.6 Å². The summed E-state index contributed by atoms with van der Waals surface area (Å²) < 4.78 is 11.4. The van der Waals surface area contributed by atoms with Gasteiger partial charge in [0, 0.05) is 71.6 Å². The zero-order valence-electron chi connectivity index (χ0n) is 18.4. The van der Waals surface area contributed by atoms with Crippen molar-refractivity contribution in [2.24, 2.45) is 4.99 Å². The van der Waals surface area contributed by atoms with Gasteiger partial charge in [-0.25, -0.2) is 0 Å². The van der Waals surface area contributed by atoms with E-state index >= 15 is 0 Å². The van der Waals surface area contributed by atoms with E-state index < -0.39 is 0 Å². The predicted octanol–water partition coefficient (Wildman–Crippen LogP) is 3.20. The van der Waals surface area contributed by atoms with Crippen LogP contribution in [0.5, 0.6) is 0 Å². The van der Waals surface area contributed by atoms with E-state index in [1.165, 1.54) is 16.8 Å². The first-order valence-corrected chi connectivity index (χ1v) is 10.6. The molecule has 0 atom stereocenters. The monoisotopic (exact) mass is 516 g/mol. The van der Waals surface area contributed by atoms with E-state index in [9.17, 15) is 0 Å².